The van der Waals surface area contributed by atoms with Crippen LogP contribution in [0, 0.1) is 0 Å². The van der Waals surface area contributed by atoms with Crippen LogP contribution in [0.5, 0.6) is 0 Å². The summed E-state index contributed by atoms with van der Waals surface area (Å²) in [5, 5.41) is 2.17. The molecule has 0 aliphatic heterocycles. The van der Waals surface area contributed by atoms with E-state index in [0.29, 0.717) is 5.88 Å². The maximum absolute atomic E-state index is 5.54. The fourth-order valence-corrected chi connectivity index (χ4v) is 2.45. The Morgan fingerprint density at radius 3 is 2.93 bits per heavy atom. The molecule has 14 heavy (non-hydrogen) atoms. The van der Waals surface area contributed by atoms with Crippen molar-refractivity contribution in [2.24, 2.45) is 0 Å². The van der Waals surface area contributed by atoms with Crippen LogP contribution >= 0.6 is 38.9 Å². The van der Waals surface area contributed by atoms with Crippen molar-refractivity contribution in [2.45, 2.75) is 6.54 Å². The molecule has 0 aliphatic carbocycles. The number of hydrogen-bond acceptors (Lipinski definition) is 2. The Morgan fingerprint density at radius 2 is 2.36 bits per heavy atom. The summed E-state index contributed by atoms with van der Waals surface area (Å²) in [4.78, 5) is 2.25. The Labute approximate surface area is 103 Å². The van der Waals surface area contributed by atoms with Gasteiger partial charge in [-0.3, -0.25) is 4.90 Å². The number of hydrogen-bond donors (Lipinski definition) is 0. The molecule has 0 bridgehead atoms. The molecule has 0 spiro atoms. The van der Waals surface area contributed by atoms with E-state index in [9.17, 15) is 0 Å². The molecule has 0 N–H and O–H groups in total. The number of halogens is 2. The topological polar surface area (TPSA) is 3.24 Å². The van der Waals surface area contributed by atoms with Crippen LogP contribution in [0.15, 0.2) is 27.4 Å². The van der Waals surface area contributed by atoms with E-state index in [1.807, 2.05) is 6.08 Å². The van der Waals surface area contributed by atoms with Crippen LogP contribution in [0.4, 0.5) is 0 Å². The van der Waals surface area contributed by atoms with Crippen molar-refractivity contribution in [2.75, 3.05) is 19.5 Å². The van der Waals surface area contributed by atoms with Gasteiger partial charge in [-0.1, -0.05) is 12.2 Å². The van der Waals surface area contributed by atoms with Crippen LogP contribution < -0.4 is 0 Å². The molecule has 0 saturated carbocycles. The molecule has 0 amide bonds. The lowest BCUT2D eigenvalue weighted by atomic mass is 10.3. The molecule has 0 unspecified atom stereocenters. The lowest BCUT2D eigenvalue weighted by molar-refractivity contribution is 0.364. The fraction of sp³-hybridized carbons (Fsp3) is 0.400. The SMILES string of the molecule is CN(CC=CCCl)Cc1csc(Br)c1. The summed E-state index contributed by atoms with van der Waals surface area (Å²) in [5.74, 6) is 0.595. The van der Waals surface area contributed by atoms with Crippen molar-refractivity contribution in [3.05, 3.63) is 32.9 Å². The number of allylic oxidation sites excluding steroid dienone is 1. The van der Waals surface area contributed by atoms with Gasteiger partial charge in [0, 0.05) is 19.0 Å². The zero-order valence-electron chi connectivity index (χ0n) is 8.04. The summed E-state index contributed by atoms with van der Waals surface area (Å²) >= 11 is 10.7. The summed E-state index contributed by atoms with van der Waals surface area (Å²) in [5.41, 5.74) is 1.35. The van der Waals surface area contributed by atoms with Gasteiger partial charge in [0.2, 0.25) is 0 Å². The first kappa shape index (κ1) is 12.2. The third-order valence-electron chi connectivity index (χ3n) is 1.75. The van der Waals surface area contributed by atoms with E-state index >= 15 is 0 Å². The molecule has 0 atom stereocenters. The van der Waals surface area contributed by atoms with Gasteiger partial charge in [0.15, 0.2) is 0 Å². The lowest BCUT2D eigenvalue weighted by Crippen LogP contribution is -2.17. The highest BCUT2D eigenvalue weighted by Gasteiger charge is 2.00. The predicted octanol–water partition coefficient (Wildman–Crippen LogP) is 3.74. The lowest BCUT2D eigenvalue weighted by Gasteiger charge is -2.12. The fourth-order valence-electron chi connectivity index (χ4n) is 1.12. The quantitative estimate of drug-likeness (QED) is 0.591. The molecule has 78 valence electrons. The van der Waals surface area contributed by atoms with E-state index in [-0.39, 0.29) is 0 Å². The van der Waals surface area contributed by atoms with Gasteiger partial charge in [0.1, 0.15) is 0 Å². The number of alkyl halides is 1. The molecule has 1 nitrogen and oxygen atoms in total. The van der Waals surface area contributed by atoms with Crippen molar-refractivity contribution < 1.29 is 0 Å². The maximum Gasteiger partial charge on any atom is 0.0701 e. The first-order chi connectivity index (χ1) is 6.72. The highest BCUT2D eigenvalue weighted by molar-refractivity contribution is 9.11. The molecule has 0 aliphatic rings. The second-order valence-corrected chi connectivity index (χ2v) is 5.68. The molecule has 1 heterocycles. The second kappa shape index (κ2) is 6.62. The molecule has 1 aromatic rings. The Bertz CT molecular complexity index is 298. The van der Waals surface area contributed by atoms with Crippen molar-refractivity contribution in [3.8, 4) is 0 Å². The van der Waals surface area contributed by atoms with Crippen LogP contribution in [0.2, 0.25) is 0 Å². The van der Waals surface area contributed by atoms with Gasteiger partial charge in [0.05, 0.1) is 3.79 Å². The standard InChI is InChI=1S/C10H13BrClNS/c1-13(5-3-2-4-12)7-9-6-10(11)14-8-9/h2-3,6,8H,4-5,7H2,1H3. The minimum absolute atomic E-state index is 0.595. The van der Waals surface area contributed by atoms with Crippen LogP contribution in [0.25, 0.3) is 0 Å². The maximum atomic E-state index is 5.54. The molecular formula is C10H13BrClNS. The highest BCUT2D eigenvalue weighted by atomic mass is 79.9. The monoisotopic (exact) mass is 293 g/mol. The number of likely N-dealkylation sites (N-methyl/N-ethyl adjacent to an activating group) is 1. The molecule has 1 aromatic heterocycles. The van der Waals surface area contributed by atoms with Gasteiger partial charge in [-0.2, -0.15) is 0 Å². The normalized spacial score (nSPS) is 11.7. The minimum Gasteiger partial charge on any atom is -0.298 e. The van der Waals surface area contributed by atoms with E-state index in [1.165, 1.54) is 9.35 Å². The van der Waals surface area contributed by atoms with Crippen LogP contribution in [-0.2, 0) is 6.54 Å². The Hall–Kier alpha value is 0.170. The van der Waals surface area contributed by atoms with Gasteiger partial charge in [0.25, 0.3) is 0 Å². The van der Waals surface area contributed by atoms with E-state index < -0.39 is 0 Å². The predicted molar refractivity (Wildman–Crippen MR) is 68.2 cm³/mol. The van der Waals surface area contributed by atoms with Crippen molar-refractivity contribution in [1.29, 1.82) is 0 Å². The molecule has 1 rings (SSSR count). The van der Waals surface area contributed by atoms with E-state index in [4.69, 9.17) is 11.6 Å². The third-order valence-corrected chi connectivity index (χ3v) is 3.48. The zero-order chi connectivity index (χ0) is 10.4. The van der Waals surface area contributed by atoms with Gasteiger partial charge >= 0.3 is 0 Å². The van der Waals surface area contributed by atoms with Gasteiger partial charge < -0.3 is 0 Å². The molecule has 0 saturated heterocycles. The van der Waals surface area contributed by atoms with Crippen LogP contribution in [0.3, 0.4) is 0 Å². The van der Waals surface area contributed by atoms with Crippen molar-refractivity contribution >= 4 is 38.9 Å². The van der Waals surface area contributed by atoms with E-state index in [2.05, 4.69) is 45.4 Å². The van der Waals surface area contributed by atoms with Crippen LogP contribution in [-0.4, -0.2) is 24.4 Å². The number of nitrogens with zero attached hydrogens (tertiary/aromatic N) is 1. The average molecular weight is 295 g/mol. The Morgan fingerprint density at radius 1 is 1.57 bits per heavy atom. The summed E-state index contributed by atoms with van der Waals surface area (Å²) in [6.45, 7) is 1.93. The van der Waals surface area contributed by atoms with Crippen LogP contribution in [0.1, 0.15) is 5.56 Å². The van der Waals surface area contributed by atoms with Gasteiger partial charge in [-0.05, 0) is 40.0 Å². The van der Waals surface area contributed by atoms with Crippen molar-refractivity contribution in [1.82, 2.24) is 4.90 Å². The Kier molecular flexibility index (Phi) is 5.78. The smallest absolute Gasteiger partial charge is 0.0701 e. The first-order valence-corrected chi connectivity index (χ1v) is 6.55. The summed E-state index contributed by atoms with van der Waals surface area (Å²) in [7, 11) is 2.10. The first-order valence-electron chi connectivity index (χ1n) is 4.35. The summed E-state index contributed by atoms with van der Waals surface area (Å²) in [6.07, 6.45) is 4.07. The molecule has 0 aromatic carbocycles. The second-order valence-electron chi connectivity index (χ2n) is 3.08. The molecule has 0 fully saturated rings. The van der Waals surface area contributed by atoms with E-state index in [1.54, 1.807) is 11.3 Å². The van der Waals surface area contributed by atoms with Crippen molar-refractivity contribution in [3.63, 3.8) is 0 Å². The molecular weight excluding hydrogens is 282 g/mol. The minimum atomic E-state index is 0.595. The summed E-state index contributed by atoms with van der Waals surface area (Å²) < 4.78 is 1.19. The zero-order valence-corrected chi connectivity index (χ0v) is 11.2. The number of rotatable bonds is 5. The summed E-state index contributed by atoms with van der Waals surface area (Å²) in [6, 6.07) is 2.16. The molecule has 0 radical (unpaired) electrons. The largest absolute Gasteiger partial charge is 0.298 e. The van der Waals surface area contributed by atoms with Gasteiger partial charge in [-0.15, -0.1) is 22.9 Å². The Balaban J connectivity index is 2.33. The molecule has 4 heteroatoms. The number of thiophene rings is 1. The average Bonchev–Trinajstić information content (AvgIpc) is 2.52. The third kappa shape index (κ3) is 4.60. The van der Waals surface area contributed by atoms with E-state index in [0.717, 1.165) is 13.1 Å². The highest BCUT2D eigenvalue weighted by Crippen LogP contribution is 2.21. The van der Waals surface area contributed by atoms with Gasteiger partial charge in [-0.25, -0.2) is 0 Å².